The van der Waals surface area contributed by atoms with Gasteiger partial charge in [-0.25, -0.2) is 4.79 Å². The van der Waals surface area contributed by atoms with Gasteiger partial charge in [-0.2, -0.15) is 0 Å². The highest BCUT2D eigenvalue weighted by Crippen LogP contribution is 2.14. The van der Waals surface area contributed by atoms with Gasteiger partial charge in [0.2, 0.25) is 17.7 Å². The number of hydrogen-bond acceptors (Lipinski definition) is 8. The zero-order valence-corrected chi connectivity index (χ0v) is 23.4. The van der Waals surface area contributed by atoms with Gasteiger partial charge in [0.1, 0.15) is 29.6 Å². The fourth-order valence-electron chi connectivity index (χ4n) is 4.02. The number of nitrogens with one attached hydrogen (secondary N) is 3. The molecule has 0 bridgehead atoms. The van der Waals surface area contributed by atoms with Crippen LogP contribution in [0.25, 0.3) is 0 Å². The molecule has 0 saturated heterocycles. The third-order valence-electron chi connectivity index (χ3n) is 6.60. The Kier molecular flexibility index (Phi) is 13.0. The highest BCUT2D eigenvalue weighted by Gasteiger charge is 2.31. The first kappa shape index (κ1) is 33.0. The van der Waals surface area contributed by atoms with Crippen molar-refractivity contribution >= 4 is 23.7 Å². The van der Waals surface area contributed by atoms with E-state index in [0.29, 0.717) is 30.5 Å². The highest BCUT2D eigenvalue weighted by atomic mass is 16.4. The van der Waals surface area contributed by atoms with Gasteiger partial charge < -0.3 is 42.7 Å². The quantitative estimate of drug-likeness (QED) is 0.132. The molecule has 0 aliphatic carbocycles. The van der Waals surface area contributed by atoms with E-state index in [-0.39, 0.29) is 36.7 Å². The molecule has 0 fully saturated rings. The number of carboxylic acids is 1. The average Bonchev–Trinajstić information content (AvgIpc) is 2.93. The van der Waals surface area contributed by atoms with Crippen LogP contribution in [0.15, 0.2) is 48.5 Å². The fourth-order valence-corrected chi connectivity index (χ4v) is 4.02. The summed E-state index contributed by atoms with van der Waals surface area (Å²) in [6.07, 6.45) is 1.25. The molecule has 224 valence electrons. The molecule has 0 radical (unpaired) electrons. The second-order valence-corrected chi connectivity index (χ2v) is 10.3. The molecule has 12 nitrogen and oxygen atoms in total. The molecule has 3 amide bonds. The van der Waals surface area contributed by atoms with E-state index in [1.807, 2.05) is 0 Å². The minimum Gasteiger partial charge on any atom is -0.508 e. The van der Waals surface area contributed by atoms with Crippen molar-refractivity contribution < 1.29 is 34.5 Å². The Bertz CT molecular complexity index is 1160. The lowest BCUT2D eigenvalue weighted by atomic mass is 10.00. The molecule has 0 aliphatic heterocycles. The van der Waals surface area contributed by atoms with Crippen LogP contribution in [0.1, 0.15) is 44.2 Å². The van der Waals surface area contributed by atoms with Crippen molar-refractivity contribution in [1.29, 1.82) is 0 Å². The largest absolute Gasteiger partial charge is 0.508 e. The number of aliphatic carboxylic acids is 1. The van der Waals surface area contributed by atoms with Crippen LogP contribution >= 0.6 is 0 Å². The second kappa shape index (κ2) is 16.2. The molecule has 0 spiro atoms. The maximum absolute atomic E-state index is 13.6. The normalized spacial score (nSPS) is 14.0. The number of phenols is 2. The summed E-state index contributed by atoms with van der Waals surface area (Å²) >= 11 is 0. The van der Waals surface area contributed by atoms with Crippen molar-refractivity contribution in [3.8, 4) is 11.5 Å². The molecule has 41 heavy (non-hydrogen) atoms. The van der Waals surface area contributed by atoms with Crippen molar-refractivity contribution in [3.05, 3.63) is 59.7 Å². The first-order valence-corrected chi connectivity index (χ1v) is 13.6. The van der Waals surface area contributed by atoms with E-state index in [1.54, 1.807) is 38.1 Å². The summed E-state index contributed by atoms with van der Waals surface area (Å²) < 4.78 is 0. The standard InChI is InChI=1S/C29H41N5O7/c1-17(2)25(31)28(39)34-24(16-19-8-12-21(36)13-9-19)27(38)33-23(15-18-6-10-20(35)11-7-18)26(37)32-22(29(40)41)5-3-4-14-30/h6-13,17,22-25,35-36H,3-5,14-16,30-31H2,1-2H3,(H,32,37)(H,33,38)(H,34,39)(H,40,41). The topological polar surface area (TPSA) is 217 Å². The Balaban J connectivity index is 2.32. The third kappa shape index (κ3) is 11.1. The van der Waals surface area contributed by atoms with E-state index in [2.05, 4.69) is 16.0 Å². The summed E-state index contributed by atoms with van der Waals surface area (Å²) in [6, 6.07) is 7.70. The molecule has 0 aromatic heterocycles. The van der Waals surface area contributed by atoms with Crippen molar-refractivity contribution in [2.75, 3.05) is 6.54 Å². The molecule has 0 aliphatic rings. The van der Waals surface area contributed by atoms with Gasteiger partial charge in [0, 0.05) is 12.8 Å². The number of hydrogen-bond donors (Lipinski definition) is 8. The molecular formula is C29H41N5O7. The lowest BCUT2D eigenvalue weighted by Crippen LogP contribution is -2.58. The number of nitrogens with two attached hydrogens (primary N) is 2. The van der Waals surface area contributed by atoms with Gasteiger partial charge >= 0.3 is 5.97 Å². The molecule has 12 heteroatoms. The molecule has 2 aromatic rings. The number of phenolic OH excluding ortho intramolecular Hbond substituents is 2. The zero-order chi connectivity index (χ0) is 30.5. The summed E-state index contributed by atoms with van der Waals surface area (Å²) in [7, 11) is 0. The minimum absolute atomic E-state index is 0.0155. The van der Waals surface area contributed by atoms with Crippen molar-refractivity contribution in [2.24, 2.45) is 17.4 Å². The predicted octanol–water partition coefficient (Wildman–Crippen LogP) is 0.534. The Labute approximate surface area is 239 Å². The van der Waals surface area contributed by atoms with Crippen molar-refractivity contribution in [1.82, 2.24) is 16.0 Å². The molecule has 2 aromatic carbocycles. The molecule has 4 atom stereocenters. The zero-order valence-electron chi connectivity index (χ0n) is 23.4. The van der Waals surface area contributed by atoms with Gasteiger partial charge in [0.05, 0.1) is 6.04 Å². The van der Waals surface area contributed by atoms with Crippen LogP contribution in [-0.4, -0.2) is 69.7 Å². The molecule has 0 heterocycles. The van der Waals surface area contributed by atoms with E-state index in [0.717, 1.165) is 0 Å². The average molecular weight is 572 g/mol. The van der Waals surface area contributed by atoms with E-state index >= 15 is 0 Å². The summed E-state index contributed by atoms with van der Waals surface area (Å²) in [6.45, 7) is 3.92. The van der Waals surface area contributed by atoms with Gasteiger partial charge in [-0.3, -0.25) is 14.4 Å². The summed E-state index contributed by atoms with van der Waals surface area (Å²) in [5.74, 6) is -3.33. The molecule has 0 saturated carbocycles. The SMILES string of the molecule is CC(C)C(N)C(=O)NC(Cc1ccc(O)cc1)C(=O)NC(Cc1ccc(O)cc1)C(=O)NC(CCCCN)C(=O)O. The van der Waals surface area contributed by atoms with E-state index in [4.69, 9.17) is 11.5 Å². The van der Waals surface area contributed by atoms with Crippen LogP contribution in [-0.2, 0) is 32.0 Å². The van der Waals surface area contributed by atoms with E-state index < -0.39 is 47.9 Å². The lowest BCUT2D eigenvalue weighted by Gasteiger charge is -2.26. The van der Waals surface area contributed by atoms with Gasteiger partial charge in [0.25, 0.3) is 0 Å². The fraction of sp³-hybridized carbons (Fsp3) is 0.448. The highest BCUT2D eigenvalue weighted by molar-refractivity contribution is 5.94. The number of carbonyl (C=O) groups is 4. The number of rotatable bonds is 16. The molecular weight excluding hydrogens is 530 g/mol. The number of unbranched alkanes of at least 4 members (excludes halogenated alkanes) is 1. The first-order chi connectivity index (χ1) is 19.4. The number of benzene rings is 2. The summed E-state index contributed by atoms with van der Waals surface area (Å²) in [5.41, 5.74) is 12.7. The second-order valence-electron chi connectivity index (χ2n) is 10.3. The maximum atomic E-state index is 13.6. The smallest absolute Gasteiger partial charge is 0.326 e. The monoisotopic (exact) mass is 571 g/mol. The summed E-state index contributed by atoms with van der Waals surface area (Å²) in [5, 5.41) is 36.7. The lowest BCUT2D eigenvalue weighted by molar-refractivity contribution is -0.142. The Morgan fingerprint density at radius 2 is 1.12 bits per heavy atom. The van der Waals surface area contributed by atoms with Crippen molar-refractivity contribution in [3.63, 3.8) is 0 Å². The molecule has 2 rings (SSSR count). The van der Waals surface area contributed by atoms with Crippen LogP contribution in [0.2, 0.25) is 0 Å². The first-order valence-electron chi connectivity index (χ1n) is 13.6. The number of carbonyl (C=O) groups excluding carboxylic acids is 3. The van der Waals surface area contributed by atoms with Gasteiger partial charge in [-0.1, -0.05) is 38.1 Å². The molecule has 10 N–H and O–H groups in total. The number of aromatic hydroxyl groups is 2. The van der Waals surface area contributed by atoms with Crippen LogP contribution in [0, 0.1) is 5.92 Å². The Morgan fingerprint density at radius 3 is 1.51 bits per heavy atom. The van der Waals surface area contributed by atoms with E-state index in [9.17, 15) is 34.5 Å². The van der Waals surface area contributed by atoms with Crippen molar-refractivity contribution in [2.45, 2.75) is 70.1 Å². The Hall–Kier alpha value is -4.16. The van der Waals surface area contributed by atoms with Crippen LogP contribution in [0.5, 0.6) is 11.5 Å². The van der Waals surface area contributed by atoms with Crippen LogP contribution in [0.3, 0.4) is 0 Å². The predicted molar refractivity (Wildman–Crippen MR) is 153 cm³/mol. The summed E-state index contributed by atoms with van der Waals surface area (Å²) in [4.78, 5) is 51.5. The number of amides is 3. The Morgan fingerprint density at radius 1 is 0.707 bits per heavy atom. The van der Waals surface area contributed by atoms with Crippen LogP contribution in [0.4, 0.5) is 0 Å². The van der Waals surface area contributed by atoms with E-state index in [1.165, 1.54) is 24.3 Å². The maximum Gasteiger partial charge on any atom is 0.326 e. The third-order valence-corrected chi connectivity index (χ3v) is 6.60. The van der Waals surface area contributed by atoms with Gasteiger partial charge in [0.15, 0.2) is 0 Å². The molecule has 4 unspecified atom stereocenters. The van der Waals surface area contributed by atoms with Crippen LogP contribution < -0.4 is 27.4 Å². The number of carboxylic acid groups (broad SMARTS) is 1. The minimum atomic E-state index is -1.22. The van der Waals surface area contributed by atoms with Gasteiger partial charge in [-0.15, -0.1) is 0 Å². The van der Waals surface area contributed by atoms with Gasteiger partial charge in [-0.05, 0) is 67.1 Å².